The minimum Gasteiger partial charge on any atom is -0.472 e. The highest BCUT2D eigenvalue weighted by Gasteiger charge is 2.76. The fourth-order valence-electron chi connectivity index (χ4n) is 7.46. The average molecular weight is 435 g/mol. The normalized spacial score (nSPS) is 49.8. The van der Waals surface area contributed by atoms with Crippen LogP contribution < -0.4 is 0 Å². The lowest BCUT2D eigenvalue weighted by molar-refractivity contribution is -0.253. The van der Waals surface area contributed by atoms with Crippen LogP contribution in [-0.2, 0) is 33.3 Å². The molecule has 5 unspecified atom stereocenters. The first-order valence-electron chi connectivity index (χ1n) is 11.6. The zero-order valence-corrected chi connectivity index (χ0v) is 18.9. The van der Waals surface area contributed by atoms with Gasteiger partial charge in [-0.05, 0) is 43.6 Å². The molecule has 0 aromatic carbocycles. The fourth-order valence-corrected chi connectivity index (χ4v) is 7.46. The number of fused-ring (bicyclic) bond motifs is 3. The zero-order chi connectivity index (χ0) is 22.0. The Morgan fingerprint density at radius 1 is 1.19 bits per heavy atom. The molecule has 5 rings (SSSR count). The van der Waals surface area contributed by atoms with Gasteiger partial charge in [0, 0.05) is 25.2 Å². The molecular formula is C24H34O7. The third-order valence-corrected chi connectivity index (χ3v) is 9.18. The van der Waals surface area contributed by atoms with Crippen molar-refractivity contribution in [3.05, 3.63) is 12.3 Å². The maximum absolute atomic E-state index is 12.1. The highest BCUT2D eigenvalue weighted by Crippen LogP contribution is 2.70. The van der Waals surface area contributed by atoms with Crippen LogP contribution in [0.25, 0.3) is 0 Å². The second-order valence-electron chi connectivity index (χ2n) is 10.5. The predicted octanol–water partition coefficient (Wildman–Crippen LogP) is 3.36. The van der Waals surface area contributed by atoms with E-state index in [1.165, 1.54) is 13.8 Å². The van der Waals surface area contributed by atoms with Crippen LogP contribution in [0.15, 0.2) is 12.3 Å². The molecule has 2 saturated heterocycles. The van der Waals surface area contributed by atoms with Crippen molar-refractivity contribution in [3.8, 4) is 0 Å². The van der Waals surface area contributed by atoms with Crippen LogP contribution in [0, 0.1) is 28.6 Å². The minimum absolute atomic E-state index is 0.0244. The summed E-state index contributed by atoms with van der Waals surface area (Å²) in [6.45, 7) is 8.30. The smallest absolute Gasteiger partial charge is 0.302 e. The zero-order valence-electron chi connectivity index (χ0n) is 18.9. The predicted molar refractivity (Wildman–Crippen MR) is 110 cm³/mol. The first-order chi connectivity index (χ1) is 14.7. The summed E-state index contributed by atoms with van der Waals surface area (Å²) in [7, 11) is 0. The van der Waals surface area contributed by atoms with Crippen molar-refractivity contribution in [2.24, 2.45) is 28.6 Å². The molecule has 7 nitrogen and oxygen atoms in total. The summed E-state index contributed by atoms with van der Waals surface area (Å²) in [5.41, 5.74) is -1.16. The fraction of sp³-hybridized carbons (Fsp3) is 0.833. The lowest BCUT2D eigenvalue weighted by Gasteiger charge is -2.64. The van der Waals surface area contributed by atoms with E-state index in [-0.39, 0.29) is 60.2 Å². The van der Waals surface area contributed by atoms with E-state index in [1.807, 2.05) is 0 Å². The first-order valence-corrected chi connectivity index (χ1v) is 11.6. The highest BCUT2D eigenvalue weighted by molar-refractivity contribution is 5.67. The lowest BCUT2D eigenvalue weighted by Crippen LogP contribution is -2.69. The van der Waals surface area contributed by atoms with Crippen LogP contribution in [0.5, 0.6) is 0 Å². The average Bonchev–Trinajstić information content (AvgIpc) is 3.15. The molecule has 0 radical (unpaired) electrons. The van der Waals surface area contributed by atoms with Gasteiger partial charge in [0.1, 0.15) is 18.3 Å². The Balaban J connectivity index is 1.58. The summed E-state index contributed by atoms with van der Waals surface area (Å²) in [5.74, 6) is 0.0539. The van der Waals surface area contributed by atoms with Gasteiger partial charge in [-0.1, -0.05) is 20.3 Å². The van der Waals surface area contributed by atoms with Crippen LogP contribution in [0.4, 0.5) is 0 Å². The van der Waals surface area contributed by atoms with Gasteiger partial charge in [0.2, 0.25) is 6.29 Å². The third kappa shape index (κ3) is 2.99. The van der Waals surface area contributed by atoms with Crippen LogP contribution >= 0.6 is 0 Å². The van der Waals surface area contributed by atoms with Crippen molar-refractivity contribution in [1.29, 1.82) is 0 Å². The number of carbonyl (C=O) groups excluding carboxylic acids is 2. The topological polar surface area (TPSA) is 83.6 Å². The van der Waals surface area contributed by atoms with Gasteiger partial charge >= 0.3 is 11.9 Å². The summed E-state index contributed by atoms with van der Waals surface area (Å²) < 4.78 is 30.0. The van der Waals surface area contributed by atoms with Crippen molar-refractivity contribution in [3.63, 3.8) is 0 Å². The molecular weight excluding hydrogens is 400 g/mol. The molecule has 0 aromatic heterocycles. The Morgan fingerprint density at radius 3 is 2.61 bits per heavy atom. The van der Waals surface area contributed by atoms with Crippen LogP contribution in [-0.4, -0.2) is 49.3 Å². The standard InChI is InChI=1S/C24H34O7/c1-14-10-20(30-16(3)26)24(13-28-15(2)25)18(6-5-8-23(24)12-29-23)22(14,4)19-11-17-7-9-27-21(17)31-19/h7,9,14,17-21H,5-6,8,10-13H2,1-4H3/t14?,17-,18-,19?,20?,21+,22?,23+,24?/m0/s1. The number of ether oxygens (including phenoxy) is 5. The number of esters is 2. The van der Waals surface area contributed by atoms with E-state index < -0.39 is 11.0 Å². The molecule has 5 aliphatic rings. The highest BCUT2D eigenvalue weighted by atomic mass is 16.7. The van der Waals surface area contributed by atoms with E-state index >= 15 is 0 Å². The molecule has 0 amide bonds. The maximum atomic E-state index is 12.1. The maximum Gasteiger partial charge on any atom is 0.302 e. The van der Waals surface area contributed by atoms with Gasteiger partial charge in [-0.3, -0.25) is 9.59 Å². The Morgan fingerprint density at radius 2 is 1.97 bits per heavy atom. The number of hydrogen-bond acceptors (Lipinski definition) is 7. The van der Waals surface area contributed by atoms with Crippen molar-refractivity contribution in [1.82, 2.24) is 0 Å². The van der Waals surface area contributed by atoms with E-state index in [4.69, 9.17) is 23.7 Å². The molecule has 31 heavy (non-hydrogen) atoms. The van der Waals surface area contributed by atoms with Gasteiger partial charge in [0.05, 0.1) is 24.4 Å². The van der Waals surface area contributed by atoms with Crippen molar-refractivity contribution in [2.45, 2.75) is 83.9 Å². The monoisotopic (exact) mass is 434 g/mol. The number of rotatable bonds is 4. The molecule has 7 heteroatoms. The quantitative estimate of drug-likeness (QED) is 0.496. The van der Waals surface area contributed by atoms with Gasteiger partial charge in [-0.2, -0.15) is 0 Å². The molecule has 3 heterocycles. The van der Waals surface area contributed by atoms with Crippen LogP contribution in [0.3, 0.4) is 0 Å². The Bertz CT molecular complexity index is 789. The van der Waals surface area contributed by atoms with Crippen molar-refractivity contribution >= 4 is 11.9 Å². The molecule has 2 aliphatic carbocycles. The molecule has 0 bridgehead atoms. The lowest BCUT2D eigenvalue weighted by atomic mass is 9.42. The summed E-state index contributed by atoms with van der Waals surface area (Å²) in [6.07, 6.45) is 7.82. The Hall–Kier alpha value is -1.60. The SMILES string of the molecule is CC(=O)OCC12C(OC(C)=O)CC(C)C(C)(C3C[C@@H]4C=CO[C@@H]4O3)[C@@H]1CCC[C@@]21CO1. The van der Waals surface area contributed by atoms with E-state index in [0.717, 1.165) is 25.7 Å². The van der Waals surface area contributed by atoms with E-state index in [9.17, 15) is 9.59 Å². The van der Waals surface area contributed by atoms with Crippen LogP contribution in [0.2, 0.25) is 0 Å². The summed E-state index contributed by atoms with van der Waals surface area (Å²) in [6, 6.07) is 0. The largest absolute Gasteiger partial charge is 0.472 e. The van der Waals surface area contributed by atoms with Gasteiger partial charge in [0.15, 0.2) is 0 Å². The molecule has 2 saturated carbocycles. The summed E-state index contributed by atoms with van der Waals surface area (Å²) in [5, 5.41) is 0. The molecule has 3 aliphatic heterocycles. The number of hydrogen-bond donors (Lipinski definition) is 0. The van der Waals surface area contributed by atoms with Gasteiger partial charge < -0.3 is 23.7 Å². The summed E-state index contributed by atoms with van der Waals surface area (Å²) >= 11 is 0. The molecule has 4 fully saturated rings. The van der Waals surface area contributed by atoms with Gasteiger partial charge in [-0.15, -0.1) is 0 Å². The second-order valence-corrected chi connectivity index (χ2v) is 10.5. The van der Waals surface area contributed by atoms with Crippen molar-refractivity contribution in [2.75, 3.05) is 13.2 Å². The summed E-state index contributed by atoms with van der Waals surface area (Å²) in [4.78, 5) is 24.0. The van der Waals surface area contributed by atoms with E-state index in [1.54, 1.807) is 6.26 Å². The number of carbonyl (C=O) groups is 2. The molecule has 0 N–H and O–H groups in total. The first kappa shape index (κ1) is 21.3. The third-order valence-electron chi connectivity index (χ3n) is 9.18. The molecule has 1 spiro atoms. The Labute approximate surface area is 183 Å². The second kappa shape index (κ2) is 7.20. The Kier molecular flexibility index (Phi) is 4.94. The van der Waals surface area contributed by atoms with E-state index in [0.29, 0.717) is 13.0 Å². The van der Waals surface area contributed by atoms with E-state index in [2.05, 4.69) is 19.9 Å². The molecule has 9 atom stereocenters. The van der Waals surface area contributed by atoms with Crippen LogP contribution in [0.1, 0.15) is 59.8 Å². The van der Waals surface area contributed by atoms with Gasteiger partial charge in [0.25, 0.3) is 0 Å². The van der Waals surface area contributed by atoms with Crippen molar-refractivity contribution < 1.29 is 33.3 Å². The van der Waals surface area contributed by atoms with Gasteiger partial charge in [-0.25, -0.2) is 0 Å². The molecule has 0 aromatic rings. The minimum atomic E-state index is -0.568. The molecule has 172 valence electrons. The number of epoxide rings is 1.